The molecule has 3 aromatic carbocycles. The van der Waals surface area contributed by atoms with Gasteiger partial charge in [-0.1, -0.05) is 54.1 Å². The van der Waals surface area contributed by atoms with E-state index in [0.29, 0.717) is 16.6 Å². The van der Waals surface area contributed by atoms with E-state index in [9.17, 15) is 0 Å². The zero-order valence-electron chi connectivity index (χ0n) is 15.6. The maximum Gasteiger partial charge on any atom is 0.142 e. The van der Waals surface area contributed by atoms with Crippen LogP contribution in [-0.2, 0) is 0 Å². The van der Waals surface area contributed by atoms with Crippen LogP contribution in [0.4, 0.5) is 0 Å². The number of H-pyrrole nitrogens is 1. The van der Waals surface area contributed by atoms with E-state index in [4.69, 9.17) is 26.1 Å². The minimum absolute atomic E-state index is 0.667. The first kappa shape index (κ1) is 18.1. The Morgan fingerprint density at radius 2 is 1.61 bits per heavy atom. The predicted octanol–water partition coefficient (Wildman–Crippen LogP) is 6.08. The molecule has 0 aliphatic carbocycles. The van der Waals surface area contributed by atoms with Crippen molar-refractivity contribution in [3.63, 3.8) is 0 Å². The van der Waals surface area contributed by atoms with Gasteiger partial charge in [-0.25, -0.2) is 4.98 Å². The molecule has 4 rings (SSSR count). The van der Waals surface area contributed by atoms with Crippen molar-refractivity contribution in [2.45, 2.75) is 0 Å². The van der Waals surface area contributed by atoms with Gasteiger partial charge >= 0.3 is 0 Å². The van der Waals surface area contributed by atoms with Crippen LogP contribution in [0.3, 0.4) is 0 Å². The molecule has 0 saturated heterocycles. The van der Waals surface area contributed by atoms with Crippen LogP contribution in [0.15, 0.2) is 72.8 Å². The molecule has 28 heavy (non-hydrogen) atoms. The second-order valence-electron chi connectivity index (χ2n) is 6.25. The molecule has 0 bridgehead atoms. The van der Waals surface area contributed by atoms with E-state index >= 15 is 0 Å². The Morgan fingerprint density at radius 3 is 2.32 bits per heavy atom. The first-order chi connectivity index (χ1) is 13.7. The van der Waals surface area contributed by atoms with E-state index in [-0.39, 0.29) is 0 Å². The summed E-state index contributed by atoms with van der Waals surface area (Å²) in [5, 5.41) is 0.667. The molecule has 1 aromatic heterocycles. The molecule has 1 N–H and O–H groups in total. The van der Waals surface area contributed by atoms with E-state index in [1.165, 1.54) is 0 Å². The van der Waals surface area contributed by atoms with Crippen LogP contribution in [0.5, 0.6) is 11.5 Å². The quantitative estimate of drug-likeness (QED) is 0.449. The number of hydrogen-bond donors (Lipinski definition) is 1. The van der Waals surface area contributed by atoms with E-state index in [1.54, 1.807) is 14.2 Å². The molecule has 0 fully saturated rings. The van der Waals surface area contributed by atoms with Gasteiger partial charge in [0.2, 0.25) is 0 Å². The number of hydrogen-bond acceptors (Lipinski definition) is 3. The van der Waals surface area contributed by atoms with Gasteiger partial charge in [0.1, 0.15) is 17.3 Å². The Balaban J connectivity index is 1.94. The highest BCUT2D eigenvalue weighted by Gasteiger charge is 2.18. The smallest absolute Gasteiger partial charge is 0.142 e. The van der Waals surface area contributed by atoms with Crippen LogP contribution in [0.25, 0.3) is 33.9 Å². The molecule has 0 aliphatic heterocycles. The highest BCUT2D eigenvalue weighted by atomic mass is 35.5. The zero-order valence-corrected chi connectivity index (χ0v) is 16.3. The van der Waals surface area contributed by atoms with Crippen molar-refractivity contribution in [1.29, 1.82) is 0 Å². The largest absolute Gasteiger partial charge is 0.497 e. The number of methoxy groups -OCH3 is 2. The van der Waals surface area contributed by atoms with Crippen LogP contribution in [0.1, 0.15) is 0 Å². The summed E-state index contributed by atoms with van der Waals surface area (Å²) >= 11 is 6.23. The van der Waals surface area contributed by atoms with Crippen LogP contribution in [-0.4, -0.2) is 24.2 Å². The first-order valence-corrected chi connectivity index (χ1v) is 9.21. The fourth-order valence-corrected chi connectivity index (χ4v) is 3.35. The second-order valence-corrected chi connectivity index (χ2v) is 6.69. The molecule has 0 saturated carbocycles. The van der Waals surface area contributed by atoms with Crippen molar-refractivity contribution in [2.24, 2.45) is 0 Å². The number of benzene rings is 3. The number of imidazole rings is 1. The van der Waals surface area contributed by atoms with Gasteiger partial charge in [0.05, 0.1) is 31.2 Å². The van der Waals surface area contributed by atoms with E-state index < -0.39 is 0 Å². The van der Waals surface area contributed by atoms with Crippen molar-refractivity contribution in [2.75, 3.05) is 14.2 Å². The molecule has 4 nitrogen and oxygen atoms in total. The number of nitrogens with one attached hydrogen (secondary N) is 1. The Morgan fingerprint density at radius 1 is 0.821 bits per heavy atom. The lowest BCUT2D eigenvalue weighted by Gasteiger charge is -2.08. The minimum atomic E-state index is 0.667. The summed E-state index contributed by atoms with van der Waals surface area (Å²) in [6, 6.07) is 23.4. The Kier molecular flexibility index (Phi) is 5.04. The predicted molar refractivity (Wildman–Crippen MR) is 113 cm³/mol. The molecule has 4 aromatic rings. The molecule has 0 aliphatic rings. The SMILES string of the molecule is COc1ccc(OC)c(-c2nc(-c3cccc(Cl)c3)c(-c3ccccc3)[nH]2)c1. The number of nitrogens with zero attached hydrogens (tertiary/aromatic N) is 1. The molecule has 0 unspecified atom stereocenters. The maximum atomic E-state index is 6.23. The summed E-state index contributed by atoms with van der Waals surface area (Å²) in [5.41, 5.74) is 4.55. The standard InChI is InChI=1S/C23H19ClN2O2/c1-27-18-11-12-20(28-2)19(14-18)23-25-21(15-7-4-3-5-8-15)22(26-23)16-9-6-10-17(24)13-16/h3-14H,1-2H3,(H,25,26). The van der Waals surface area contributed by atoms with E-state index in [1.807, 2.05) is 72.8 Å². The van der Waals surface area contributed by atoms with Crippen LogP contribution >= 0.6 is 11.6 Å². The minimum Gasteiger partial charge on any atom is -0.497 e. The van der Waals surface area contributed by atoms with E-state index in [2.05, 4.69) is 4.98 Å². The monoisotopic (exact) mass is 390 g/mol. The summed E-state index contributed by atoms with van der Waals surface area (Å²) in [7, 11) is 3.28. The molecule has 0 atom stereocenters. The van der Waals surface area contributed by atoms with Gasteiger partial charge in [-0.2, -0.15) is 0 Å². The Hall–Kier alpha value is -3.24. The molecule has 140 valence electrons. The van der Waals surface area contributed by atoms with E-state index in [0.717, 1.165) is 33.8 Å². The van der Waals surface area contributed by atoms with Gasteiger partial charge in [-0.15, -0.1) is 0 Å². The zero-order chi connectivity index (χ0) is 19.5. The molecular formula is C23H19ClN2O2. The fraction of sp³-hybridized carbons (Fsp3) is 0.0870. The van der Waals surface area contributed by atoms with Gasteiger partial charge < -0.3 is 14.5 Å². The number of aromatic nitrogens is 2. The maximum absolute atomic E-state index is 6.23. The third-order valence-electron chi connectivity index (χ3n) is 4.53. The molecule has 1 heterocycles. The first-order valence-electron chi connectivity index (χ1n) is 8.83. The summed E-state index contributed by atoms with van der Waals surface area (Å²) in [6.45, 7) is 0. The molecular weight excluding hydrogens is 372 g/mol. The molecule has 0 amide bonds. The summed E-state index contributed by atoms with van der Waals surface area (Å²) < 4.78 is 10.9. The van der Waals surface area contributed by atoms with Gasteiger partial charge in [-0.05, 0) is 30.3 Å². The summed E-state index contributed by atoms with van der Waals surface area (Å²) in [4.78, 5) is 8.37. The van der Waals surface area contributed by atoms with Gasteiger partial charge in [0.25, 0.3) is 0 Å². The normalized spacial score (nSPS) is 10.7. The number of aromatic amines is 1. The third-order valence-corrected chi connectivity index (χ3v) is 4.76. The van der Waals surface area contributed by atoms with Crippen LogP contribution < -0.4 is 9.47 Å². The average Bonchev–Trinajstić information content (AvgIpc) is 3.19. The van der Waals surface area contributed by atoms with Gasteiger partial charge in [-0.3, -0.25) is 0 Å². The number of halogens is 1. The highest BCUT2D eigenvalue weighted by molar-refractivity contribution is 6.30. The summed E-state index contributed by atoms with van der Waals surface area (Å²) in [6.07, 6.45) is 0. The van der Waals surface area contributed by atoms with Gasteiger partial charge in [0.15, 0.2) is 0 Å². The molecule has 0 radical (unpaired) electrons. The van der Waals surface area contributed by atoms with Crippen LogP contribution in [0.2, 0.25) is 5.02 Å². The van der Waals surface area contributed by atoms with Gasteiger partial charge in [0, 0.05) is 16.1 Å². The topological polar surface area (TPSA) is 47.1 Å². The average molecular weight is 391 g/mol. The lowest BCUT2D eigenvalue weighted by molar-refractivity contribution is 0.404. The molecule has 0 spiro atoms. The van der Waals surface area contributed by atoms with Crippen molar-refractivity contribution in [3.05, 3.63) is 77.8 Å². The van der Waals surface area contributed by atoms with Crippen molar-refractivity contribution < 1.29 is 9.47 Å². The second kappa shape index (κ2) is 7.79. The lowest BCUT2D eigenvalue weighted by atomic mass is 10.1. The lowest BCUT2D eigenvalue weighted by Crippen LogP contribution is -1.91. The Labute approximate surface area is 168 Å². The Bertz CT molecular complexity index is 1110. The summed E-state index contributed by atoms with van der Waals surface area (Å²) in [5.74, 6) is 2.15. The van der Waals surface area contributed by atoms with Crippen molar-refractivity contribution in [3.8, 4) is 45.4 Å². The van der Waals surface area contributed by atoms with Crippen molar-refractivity contribution in [1.82, 2.24) is 9.97 Å². The number of ether oxygens (including phenoxy) is 2. The fourth-order valence-electron chi connectivity index (χ4n) is 3.16. The third kappa shape index (κ3) is 3.47. The number of rotatable bonds is 5. The molecule has 5 heteroatoms. The van der Waals surface area contributed by atoms with Crippen LogP contribution in [0, 0.1) is 0 Å². The highest BCUT2D eigenvalue weighted by Crippen LogP contribution is 2.37. The van der Waals surface area contributed by atoms with Crippen molar-refractivity contribution >= 4 is 11.6 Å².